The van der Waals surface area contributed by atoms with Gasteiger partial charge in [-0.05, 0) is 35.4 Å². The van der Waals surface area contributed by atoms with Gasteiger partial charge in [0.1, 0.15) is 0 Å². The fourth-order valence-corrected chi connectivity index (χ4v) is 1.96. The van der Waals surface area contributed by atoms with Crippen molar-refractivity contribution in [1.82, 2.24) is 9.78 Å². The third-order valence-electron chi connectivity index (χ3n) is 2.31. The molecule has 84 valence electrons. The normalized spacial score (nSPS) is 26.4. The van der Waals surface area contributed by atoms with Crippen LogP contribution in [0.2, 0.25) is 0 Å². The summed E-state index contributed by atoms with van der Waals surface area (Å²) in [7, 11) is 0. The molecule has 1 saturated carbocycles. The van der Waals surface area contributed by atoms with Gasteiger partial charge in [0.15, 0.2) is 0 Å². The van der Waals surface area contributed by atoms with Gasteiger partial charge in [-0.3, -0.25) is 9.42 Å². The fraction of sp³-hybridized carbons (Fsp3) is 0.625. The molecule has 0 radical (unpaired) electrons. The van der Waals surface area contributed by atoms with Gasteiger partial charge in [-0.2, -0.15) is 5.10 Å². The minimum atomic E-state index is -4.52. The van der Waals surface area contributed by atoms with E-state index < -0.39 is 12.5 Å². The molecule has 7 heteroatoms. The number of ether oxygens (including phenoxy) is 1. The van der Waals surface area contributed by atoms with Crippen LogP contribution in [0.3, 0.4) is 0 Å². The number of hydrogen-bond donors (Lipinski definition) is 0. The molecule has 2 rings (SSSR count). The first-order valence-corrected chi connectivity index (χ1v) is 5.46. The lowest BCUT2D eigenvalue weighted by Gasteiger charge is -2.35. The molecule has 3 nitrogen and oxygen atoms in total. The van der Waals surface area contributed by atoms with E-state index in [2.05, 4.69) is 32.4 Å². The van der Waals surface area contributed by atoms with E-state index >= 15 is 0 Å². The van der Waals surface area contributed by atoms with E-state index in [1.807, 2.05) is 6.20 Å². The standard InChI is InChI=1S/C8H8F3IN2O/c9-8(10,11)15-7-1-6(2-7)14-4-5(12)3-13-14/h3-4,6-7H,1-2H2. The molecule has 1 aliphatic rings. The maximum atomic E-state index is 11.8. The van der Waals surface area contributed by atoms with Crippen molar-refractivity contribution in [1.29, 1.82) is 0 Å². The summed E-state index contributed by atoms with van der Waals surface area (Å²) in [5, 5.41) is 4.04. The summed E-state index contributed by atoms with van der Waals surface area (Å²) in [4.78, 5) is 0. The van der Waals surface area contributed by atoms with Crippen molar-refractivity contribution in [3.8, 4) is 0 Å². The molecule has 0 atom stereocenters. The van der Waals surface area contributed by atoms with E-state index in [1.54, 1.807) is 10.9 Å². The highest BCUT2D eigenvalue weighted by Crippen LogP contribution is 2.37. The molecule has 0 spiro atoms. The maximum Gasteiger partial charge on any atom is 0.522 e. The van der Waals surface area contributed by atoms with Gasteiger partial charge in [0.2, 0.25) is 0 Å². The quantitative estimate of drug-likeness (QED) is 0.779. The predicted octanol–water partition coefficient (Wildman–Crippen LogP) is 2.73. The number of hydrogen-bond acceptors (Lipinski definition) is 2. The Kier molecular flexibility index (Phi) is 2.93. The molecule has 0 N–H and O–H groups in total. The molecule has 15 heavy (non-hydrogen) atoms. The molecule has 0 saturated heterocycles. The number of alkyl halides is 3. The van der Waals surface area contributed by atoms with Crippen LogP contribution in [0.1, 0.15) is 18.9 Å². The van der Waals surface area contributed by atoms with Crippen molar-refractivity contribution in [2.45, 2.75) is 31.3 Å². The van der Waals surface area contributed by atoms with Gasteiger partial charge in [-0.1, -0.05) is 0 Å². The van der Waals surface area contributed by atoms with Crippen LogP contribution >= 0.6 is 22.6 Å². The number of rotatable bonds is 2. The minimum Gasteiger partial charge on any atom is -0.288 e. The molecule has 0 aliphatic heterocycles. The van der Waals surface area contributed by atoms with Crippen LogP contribution in [0, 0.1) is 3.57 Å². The summed E-state index contributed by atoms with van der Waals surface area (Å²) in [5.74, 6) is 0. The second kappa shape index (κ2) is 3.93. The van der Waals surface area contributed by atoms with Gasteiger partial charge in [-0.25, -0.2) is 0 Å². The Morgan fingerprint density at radius 3 is 2.60 bits per heavy atom. The molecular formula is C8H8F3IN2O. The SMILES string of the molecule is FC(F)(F)OC1CC(n2cc(I)cn2)C1. The molecule has 1 aromatic heterocycles. The lowest BCUT2D eigenvalue weighted by molar-refractivity contribution is -0.353. The Morgan fingerprint density at radius 2 is 2.13 bits per heavy atom. The van der Waals surface area contributed by atoms with Gasteiger partial charge >= 0.3 is 6.36 Å². The number of halogens is 4. The molecule has 1 aromatic rings. The summed E-state index contributed by atoms with van der Waals surface area (Å²) in [5.41, 5.74) is 0. The minimum absolute atomic E-state index is 0.0425. The van der Waals surface area contributed by atoms with E-state index in [0.29, 0.717) is 12.8 Å². The van der Waals surface area contributed by atoms with Crippen LogP contribution in [-0.2, 0) is 4.74 Å². The van der Waals surface area contributed by atoms with Gasteiger partial charge in [0.25, 0.3) is 0 Å². The van der Waals surface area contributed by atoms with Gasteiger partial charge in [0.05, 0.1) is 21.9 Å². The van der Waals surface area contributed by atoms with Gasteiger partial charge in [0, 0.05) is 6.20 Å². The third kappa shape index (κ3) is 2.83. The highest BCUT2D eigenvalue weighted by atomic mass is 127. The average Bonchev–Trinajstić information content (AvgIpc) is 2.41. The molecular weight excluding hydrogens is 324 g/mol. The second-order valence-electron chi connectivity index (χ2n) is 3.45. The van der Waals surface area contributed by atoms with Crippen LogP contribution < -0.4 is 0 Å². The highest BCUT2D eigenvalue weighted by Gasteiger charge is 2.40. The molecule has 0 amide bonds. The molecule has 1 aliphatic carbocycles. The monoisotopic (exact) mass is 332 g/mol. The Hall–Kier alpha value is -0.310. The van der Waals surface area contributed by atoms with Crippen molar-refractivity contribution in [3.05, 3.63) is 16.0 Å². The summed E-state index contributed by atoms with van der Waals surface area (Å²) >= 11 is 2.11. The van der Waals surface area contributed by atoms with Crippen LogP contribution in [0.5, 0.6) is 0 Å². The van der Waals surface area contributed by atoms with E-state index in [-0.39, 0.29) is 6.04 Å². The van der Waals surface area contributed by atoms with Crippen molar-refractivity contribution in [3.63, 3.8) is 0 Å². The first kappa shape index (κ1) is 11.2. The highest BCUT2D eigenvalue weighted by molar-refractivity contribution is 14.1. The van der Waals surface area contributed by atoms with Gasteiger partial charge in [-0.15, -0.1) is 13.2 Å². The van der Waals surface area contributed by atoms with Crippen molar-refractivity contribution in [2.24, 2.45) is 0 Å². The van der Waals surface area contributed by atoms with E-state index in [1.165, 1.54) is 0 Å². The Balaban J connectivity index is 1.84. The van der Waals surface area contributed by atoms with Crippen LogP contribution in [-0.4, -0.2) is 22.2 Å². The third-order valence-corrected chi connectivity index (χ3v) is 2.87. The van der Waals surface area contributed by atoms with Crippen LogP contribution in [0.4, 0.5) is 13.2 Å². The summed E-state index contributed by atoms with van der Waals surface area (Å²) < 4.78 is 42.0. The van der Waals surface area contributed by atoms with Crippen molar-refractivity contribution in [2.75, 3.05) is 0 Å². The Bertz CT molecular complexity index is 346. The van der Waals surface area contributed by atoms with E-state index in [0.717, 1.165) is 3.57 Å². The molecule has 0 bridgehead atoms. The average molecular weight is 332 g/mol. The Morgan fingerprint density at radius 1 is 1.47 bits per heavy atom. The van der Waals surface area contributed by atoms with Crippen LogP contribution in [0.15, 0.2) is 12.4 Å². The first-order chi connectivity index (χ1) is 6.94. The van der Waals surface area contributed by atoms with E-state index in [9.17, 15) is 13.2 Å². The maximum absolute atomic E-state index is 11.8. The lowest BCUT2D eigenvalue weighted by Crippen LogP contribution is -2.37. The fourth-order valence-electron chi connectivity index (χ4n) is 1.55. The zero-order valence-electron chi connectivity index (χ0n) is 7.54. The smallest absolute Gasteiger partial charge is 0.288 e. The van der Waals surface area contributed by atoms with Crippen LogP contribution in [0.25, 0.3) is 0 Å². The first-order valence-electron chi connectivity index (χ1n) is 4.38. The summed E-state index contributed by atoms with van der Waals surface area (Å²) in [6.45, 7) is 0. The van der Waals surface area contributed by atoms with E-state index in [4.69, 9.17) is 0 Å². The zero-order valence-corrected chi connectivity index (χ0v) is 9.70. The molecule has 0 unspecified atom stereocenters. The predicted molar refractivity (Wildman–Crippen MR) is 54.1 cm³/mol. The zero-order chi connectivity index (χ0) is 11.1. The molecule has 0 aromatic carbocycles. The number of aromatic nitrogens is 2. The second-order valence-corrected chi connectivity index (χ2v) is 4.70. The lowest BCUT2D eigenvalue weighted by atomic mass is 9.89. The number of nitrogens with zero attached hydrogens (tertiary/aromatic N) is 2. The summed E-state index contributed by atoms with van der Waals surface area (Å²) in [6, 6.07) is 0.0425. The topological polar surface area (TPSA) is 27.1 Å². The Labute approximate surface area is 97.7 Å². The molecule has 1 heterocycles. The molecule has 1 fully saturated rings. The van der Waals surface area contributed by atoms with Gasteiger partial charge < -0.3 is 0 Å². The largest absolute Gasteiger partial charge is 0.522 e. The summed E-state index contributed by atoms with van der Waals surface area (Å²) in [6.07, 6.45) is -0.993. The van der Waals surface area contributed by atoms with Crippen molar-refractivity contribution < 1.29 is 17.9 Å². The van der Waals surface area contributed by atoms with Crippen molar-refractivity contribution >= 4 is 22.6 Å².